The lowest BCUT2D eigenvalue weighted by atomic mass is 10.2. The molecule has 0 saturated heterocycles. The molecule has 0 aliphatic heterocycles. The van der Waals surface area contributed by atoms with Crippen LogP contribution < -0.4 is 5.48 Å². The number of nitrogens with zero attached hydrogens (tertiary/aromatic N) is 1. The van der Waals surface area contributed by atoms with Crippen molar-refractivity contribution in [1.29, 1.82) is 0 Å². The maximum Gasteiger partial charge on any atom is 0.440 e. The number of nitro benzene ring substituents is 1. The maximum absolute atomic E-state index is 11.4. The van der Waals surface area contributed by atoms with E-state index in [1.165, 1.54) is 12.1 Å². The Hall–Kier alpha value is -2.64. The van der Waals surface area contributed by atoms with E-state index in [9.17, 15) is 19.7 Å². The Morgan fingerprint density at radius 1 is 1.33 bits per heavy atom. The number of amides is 1. The van der Waals surface area contributed by atoms with Crippen molar-refractivity contribution in [3.05, 3.63) is 39.9 Å². The first-order valence-corrected chi connectivity index (χ1v) is 4.93. The lowest BCUT2D eigenvalue weighted by Gasteiger charge is -2.05. The number of benzene rings is 1. The third-order valence-corrected chi connectivity index (χ3v) is 1.82. The number of carbonyl (C=O) groups excluding carboxylic acids is 2. The minimum atomic E-state index is -0.896. The summed E-state index contributed by atoms with van der Waals surface area (Å²) in [4.78, 5) is 36.4. The molecule has 0 aliphatic rings. The highest BCUT2D eigenvalue weighted by Gasteiger charge is 2.12. The van der Waals surface area contributed by atoms with Crippen molar-refractivity contribution in [1.82, 2.24) is 5.48 Å². The lowest BCUT2D eigenvalue weighted by molar-refractivity contribution is -0.384. The van der Waals surface area contributed by atoms with E-state index < -0.39 is 17.0 Å². The fourth-order valence-electron chi connectivity index (χ4n) is 1.03. The van der Waals surface area contributed by atoms with Gasteiger partial charge in [-0.05, 0) is 19.1 Å². The van der Waals surface area contributed by atoms with Crippen LogP contribution in [-0.4, -0.2) is 23.6 Å². The van der Waals surface area contributed by atoms with Crippen LogP contribution in [0.5, 0.6) is 0 Å². The van der Waals surface area contributed by atoms with E-state index in [0.29, 0.717) is 0 Å². The van der Waals surface area contributed by atoms with Crippen LogP contribution in [0.2, 0.25) is 0 Å². The summed E-state index contributed by atoms with van der Waals surface area (Å²) >= 11 is 0. The summed E-state index contributed by atoms with van der Waals surface area (Å²) in [5.74, 6) is -0.849. The van der Waals surface area contributed by atoms with Crippen molar-refractivity contribution < 1.29 is 24.1 Å². The Balaban J connectivity index is 2.56. The SMILES string of the molecule is CCOC(=O)NOC(=O)c1ccc([N+](=O)[O-])cc1. The van der Waals surface area contributed by atoms with Crippen LogP contribution >= 0.6 is 0 Å². The summed E-state index contributed by atoms with van der Waals surface area (Å²) in [6.07, 6.45) is -0.896. The van der Waals surface area contributed by atoms with Gasteiger partial charge in [0.25, 0.3) is 5.69 Å². The van der Waals surface area contributed by atoms with Crippen molar-refractivity contribution in [3.63, 3.8) is 0 Å². The van der Waals surface area contributed by atoms with E-state index in [4.69, 9.17) is 0 Å². The first-order chi connectivity index (χ1) is 8.54. The third kappa shape index (κ3) is 3.74. The van der Waals surface area contributed by atoms with E-state index in [-0.39, 0.29) is 17.9 Å². The van der Waals surface area contributed by atoms with Gasteiger partial charge in [-0.25, -0.2) is 9.59 Å². The normalized spacial score (nSPS) is 9.39. The van der Waals surface area contributed by atoms with Crippen LogP contribution in [0.3, 0.4) is 0 Å². The van der Waals surface area contributed by atoms with Crippen molar-refractivity contribution in [2.75, 3.05) is 6.61 Å². The fraction of sp³-hybridized carbons (Fsp3) is 0.200. The summed E-state index contributed by atoms with van der Waals surface area (Å²) in [5, 5.41) is 10.4. The molecular formula is C10H10N2O6. The first-order valence-electron chi connectivity index (χ1n) is 4.93. The standard InChI is InChI=1S/C10H10N2O6/c1-2-17-10(14)11-18-9(13)7-3-5-8(6-4-7)12(15)16/h3-6H,2H2,1H3,(H,11,14). The minimum absolute atomic E-state index is 0.0670. The number of carbonyl (C=O) groups is 2. The van der Waals surface area contributed by atoms with Crippen molar-refractivity contribution >= 4 is 17.7 Å². The van der Waals surface area contributed by atoms with Gasteiger partial charge in [0.2, 0.25) is 0 Å². The zero-order valence-electron chi connectivity index (χ0n) is 9.41. The summed E-state index contributed by atoms with van der Waals surface area (Å²) in [6.45, 7) is 1.73. The third-order valence-electron chi connectivity index (χ3n) is 1.82. The molecule has 0 heterocycles. The van der Waals surface area contributed by atoms with E-state index in [1.807, 2.05) is 0 Å². The second-order valence-corrected chi connectivity index (χ2v) is 3.02. The molecule has 8 heteroatoms. The lowest BCUT2D eigenvalue weighted by Crippen LogP contribution is -2.27. The maximum atomic E-state index is 11.4. The van der Waals surface area contributed by atoms with Crippen LogP contribution in [0.1, 0.15) is 17.3 Å². The average molecular weight is 254 g/mol. The van der Waals surface area contributed by atoms with Crippen LogP contribution in [0.15, 0.2) is 24.3 Å². The van der Waals surface area contributed by atoms with Gasteiger partial charge in [-0.15, -0.1) is 5.48 Å². The van der Waals surface area contributed by atoms with Gasteiger partial charge in [0.15, 0.2) is 0 Å². The summed E-state index contributed by atoms with van der Waals surface area (Å²) in [5.41, 5.74) is 1.69. The highest BCUT2D eigenvalue weighted by atomic mass is 16.7. The molecule has 0 fully saturated rings. The summed E-state index contributed by atoms with van der Waals surface area (Å²) in [6, 6.07) is 4.74. The monoisotopic (exact) mass is 254 g/mol. The Morgan fingerprint density at radius 2 is 1.94 bits per heavy atom. The molecule has 1 N–H and O–H groups in total. The van der Waals surface area contributed by atoms with Gasteiger partial charge < -0.3 is 9.57 Å². The number of hydrogen-bond acceptors (Lipinski definition) is 6. The topological polar surface area (TPSA) is 108 Å². The Labute approximate surface area is 102 Å². The molecule has 0 radical (unpaired) electrons. The van der Waals surface area contributed by atoms with E-state index >= 15 is 0 Å². The smallest absolute Gasteiger partial charge is 0.440 e. The molecule has 0 spiro atoms. The van der Waals surface area contributed by atoms with Gasteiger partial charge in [0.1, 0.15) is 0 Å². The van der Waals surface area contributed by atoms with Gasteiger partial charge in [0.05, 0.1) is 17.1 Å². The zero-order valence-corrected chi connectivity index (χ0v) is 9.41. The molecule has 0 unspecified atom stereocenters. The molecule has 1 rings (SSSR count). The van der Waals surface area contributed by atoms with Gasteiger partial charge in [-0.3, -0.25) is 10.1 Å². The van der Waals surface area contributed by atoms with Gasteiger partial charge in [0, 0.05) is 12.1 Å². The average Bonchev–Trinajstić information content (AvgIpc) is 2.36. The molecular weight excluding hydrogens is 244 g/mol. The van der Waals surface area contributed by atoms with Crippen molar-refractivity contribution in [2.45, 2.75) is 6.92 Å². The second kappa shape index (κ2) is 6.18. The molecule has 0 atom stereocenters. The molecule has 0 aromatic heterocycles. The zero-order chi connectivity index (χ0) is 13.5. The Morgan fingerprint density at radius 3 is 2.44 bits per heavy atom. The molecule has 96 valence electrons. The second-order valence-electron chi connectivity index (χ2n) is 3.02. The van der Waals surface area contributed by atoms with Gasteiger partial charge in [-0.2, -0.15) is 0 Å². The number of rotatable bonds is 3. The van der Waals surface area contributed by atoms with Gasteiger partial charge in [-0.1, -0.05) is 0 Å². The van der Waals surface area contributed by atoms with Crippen LogP contribution in [0.25, 0.3) is 0 Å². The predicted molar refractivity (Wildman–Crippen MR) is 58.7 cm³/mol. The molecule has 1 aromatic rings. The minimum Gasteiger partial charge on any atom is -0.448 e. The van der Waals surface area contributed by atoms with E-state index in [0.717, 1.165) is 12.1 Å². The van der Waals surface area contributed by atoms with Crippen LogP contribution in [0.4, 0.5) is 10.5 Å². The van der Waals surface area contributed by atoms with Gasteiger partial charge >= 0.3 is 12.1 Å². The number of nitrogens with one attached hydrogen (secondary N) is 1. The fourth-order valence-corrected chi connectivity index (χ4v) is 1.03. The molecule has 18 heavy (non-hydrogen) atoms. The molecule has 8 nitrogen and oxygen atoms in total. The molecule has 0 saturated carbocycles. The number of non-ortho nitro benzene ring substituents is 1. The molecule has 0 bridgehead atoms. The largest absolute Gasteiger partial charge is 0.448 e. The highest BCUT2D eigenvalue weighted by Crippen LogP contribution is 2.12. The number of nitro groups is 1. The van der Waals surface area contributed by atoms with E-state index in [1.54, 1.807) is 12.4 Å². The summed E-state index contributed by atoms with van der Waals surface area (Å²) in [7, 11) is 0. The molecule has 1 aromatic carbocycles. The number of ether oxygens (including phenoxy) is 1. The first kappa shape index (κ1) is 13.4. The van der Waals surface area contributed by atoms with Crippen molar-refractivity contribution in [2.24, 2.45) is 0 Å². The Kier molecular flexibility index (Phi) is 4.61. The highest BCUT2D eigenvalue weighted by molar-refractivity contribution is 5.90. The van der Waals surface area contributed by atoms with Crippen molar-refractivity contribution in [3.8, 4) is 0 Å². The van der Waals surface area contributed by atoms with Crippen LogP contribution in [-0.2, 0) is 9.57 Å². The van der Waals surface area contributed by atoms with Crippen LogP contribution in [0, 0.1) is 10.1 Å². The number of hydroxylamine groups is 1. The predicted octanol–water partition coefficient (Wildman–Crippen LogP) is 1.41. The summed E-state index contributed by atoms with van der Waals surface area (Å²) < 4.78 is 4.46. The number of hydrogen-bond donors (Lipinski definition) is 1. The van der Waals surface area contributed by atoms with E-state index in [2.05, 4.69) is 9.57 Å². The quantitative estimate of drug-likeness (QED) is 0.645. The molecule has 1 amide bonds. The Bertz CT molecular complexity index is 456. The molecule has 0 aliphatic carbocycles.